The van der Waals surface area contributed by atoms with Crippen molar-refractivity contribution in [3.8, 4) is 34.5 Å². The summed E-state index contributed by atoms with van der Waals surface area (Å²) in [7, 11) is 8.89. The molecule has 0 aromatic heterocycles. The minimum absolute atomic E-state index is 0.0565. The zero-order chi connectivity index (χ0) is 28.2. The average molecular weight is 555 g/mol. The van der Waals surface area contributed by atoms with Gasteiger partial charge in [0, 0.05) is 47.7 Å². The molecule has 13 nitrogen and oxygen atoms in total. The summed E-state index contributed by atoms with van der Waals surface area (Å²) < 4.78 is 64.8. The normalized spacial score (nSPS) is 15.9. The highest BCUT2D eigenvalue weighted by Crippen LogP contribution is 2.49. The van der Waals surface area contributed by atoms with Gasteiger partial charge in [-0.1, -0.05) is 0 Å². The first kappa shape index (κ1) is 30.2. The molecule has 2 atom stereocenters. The molecule has 0 bridgehead atoms. The molecule has 1 aliphatic rings. The van der Waals surface area contributed by atoms with E-state index in [1.165, 1.54) is 42.7 Å². The van der Waals surface area contributed by atoms with Crippen molar-refractivity contribution >= 4 is 5.78 Å². The van der Waals surface area contributed by atoms with E-state index in [4.69, 9.17) is 56.8 Å². The maximum Gasteiger partial charge on any atom is 0.206 e. The number of benzene rings is 2. The molecule has 1 fully saturated rings. The van der Waals surface area contributed by atoms with E-state index in [0.29, 0.717) is 22.8 Å². The van der Waals surface area contributed by atoms with E-state index in [2.05, 4.69) is 0 Å². The molecule has 1 aliphatic heterocycles. The molecule has 2 aromatic rings. The van der Waals surface area contributed by atoms with E-state index < -0.39 is 12.2 Å². The predicted molar refractivity (Wildman–Crippen MR) is 134 cm³/mol. The van der Waals surface area contributed by atoms with Gasteiger partial charge >= 0.3 is 0 Å². The van der Waals surface area contributed by atoms with Crippen LogP contribution in [0.5, 0.6) is 34.5 Å². The highest BCUT2D eigenvalue weighted by molar-refractivity contribution is 6.06. The molecule has 39 heavy (non-hydrogen) atoms. The molecular formula is C26H34O13. The quantitative estimate of drug-likeness (QED) is 0.143. The van der Waals surface area contributed by atoms with Gasteiger partial charge in [0.15, 0.2) is 51.6 Å². The van der Waals surface area contributed by atoms with Gasteiger partial charge in [-0.2, -0.15) is 0 Å². The molecule has 0 aliphatic carbocycles. The Balaban J connectivity index is 1.97. The second-order valence-corrected chi connectivity index (χ2v) is 7.94. The van der Waals surface area contributed by atoms with Crippen LogP contribution >= 0.6 is 0 Å². The third-order valence-electron chi connectivity index (χ3n) is 5.29. The zero-order valence-corrected chi connectivity index (χ0v) is 22.8. The highest BCUT2D eigenvalue weighted by Gasteiger charge is 2.48. The van der Waals surface area contributed by atoms with E-state index in [1.807, 2.05) is 0 Å². The summed E-state index contributed by atoms with van der Waals surface area (Å²) in [5.41, 5.74) is 0.756. The molecular weight excluding hydrogens is 520 g/mol. The number of ketones is 1. The van der Waals surface area contributed by atoms with Gasteiger partial charge in [0.2, 0.25) is 11.5 Å². The van der Waals surface area contributed by atoms with Crippen molar-refractivity contribution in [3.05, 3.63) is 35.4 Å². The molecule has 0 radical (unpaired) electrons. The SMILES string of the molecule is COCOc1cc(C2OC2C(=O)c2c(OCOC)cc(OC)cc2OCOC)cc(OCOC)c1OCOC. The first-order valence-electron chi connectivity index (χ1n) is 11.7. The van der Waals surface area contributed by atoms with Crippen LogP contribution in [-0.2, 0) is 28.4 Å². The predicted octanol–water partition coefficient (Wildman–Crippen LogP) is 2.93. The standard InChI is InChI=1S/C26H34O13/c1-28-11-34-18-9-17(33-6)10-19(35-12-29-2)22(18)23(27)26-24(39-26)16-7-20(36-13-30-3)25(38-15-32-5)21(8-16)37-14-31-4/h7-10,24,26H,11-15H2,1-6H3. The third-order valence-corrected chi connectivity index (χ3v) is 5.29. The first-order valence-corrected chi connectivity index (χ1v) is 11.7. The molecule has 13 heteroatoms. The Labute approximate surface area is 226 Å². The van der Waals surface area contributed by atoms with Crippen LogP contribution in [0.15, 0.2) is 24.3 Å². The van der Waals surface area contributed by atoms with Gasteiger partial charge in [0.25, 0.3) is 0 Å². The molecule has 0 spiro atoms. The van der Waals surface area contributed by atoms with E-state index >= 15 is 0 Å². The summed E-state index contributed by atoms with van der Waals surface area (Å²) in [6.07, 6.45) is -1.49. The molecule has 2 unspecified atom stereocenters. The molecule has 2 aromatic carbocycles. The minimum Gasteiger partial charge on any atom is -0.496 e. The number of hydrogen-bond acceptors (Lipinski definition) is 13. The van der Waals surface area contributed by atoms with Gasteiger partial charge < -0.3 is 56.8 Å². The lowest BCUT2D eigenvalue weighted by Crippen LogP contribution is -2.15. The van der Waals surface area contributed by atoms with Crippen molar-refractivity contribution in [2.75, 3.05) is 76.6 Å². The van der Waals surface area contributed by atoms with Crippen LogP contribution in [0.4, 0.5) is 0 Å². The second-order valence-electron chi connectivity index (χ2n) is 7.94. The van der Waals surface area contributed by atoms with Crippen LogP contribution < -0.4 is 28.4 Å². The Kier molecular flexibility index (Phi) is 11.9. The van der Waals surface area contributed by atoms with E-state index in [1.54, 1.807) is 24.3 Å². The van der Waals surface area contributed by atoms with Gasteiger partial charge in [-0.3, -0.25) is 4.79 Å². The zero-order valence-electron chi connectivity index (χ0n) is 22.8. The number of rotatable bonds is 19. The first-order chi connectivity index (χ1) is 19.0. The van der Waals surface area contributed by atoms with Crippen LogP contribution in [0.3, 0.4) is 0 Å². The summed E-state index contributed by atoms with van der Waals surface area (Å²) in [6.45, 7) is -0.378. The monoisotopic (exact) mass is 554 g/mol. The Morgan fingerprint density at radius 1 is 0.641 bits per heavy atom. The van der Waals surface area contributed by atoms with Crippen molar-refractivity contribution in [2.24, 2.45) is 0 Å². The third kappa shape index (κ3) is 7.85. The van der Waals surface area contributed by atoms with Gasteiger partial charge in [0.1, 0.15) is 28.9 Å². The topological polar surface area (TPSA) is 131 Å². The smallest absolute Gasteiger partial charge is 0.206 e. The highest BCUT2D eigenvalue weighted by atomic mass is 16.7. The summed E-state index contributed by atoms with van der Waals surface area (Å²) >= 11 is 0. The van der Waals surface area contributed by atoms with Gasteiger partial charge in [-0.15, -0.1) is 0 Å². The van der Waals surface area contributed by atoms with E-state index in [-0.39, 0.29) is 62.6 Å². The Hall–Kier alpha value is -3.33. The van der Waals surface area contributed by atoms with Gasteiger partial charge in [-0.25, -0.2) is 0 Å². The Morgan fingerprint density at radius 3 is 1.51 bits per heavy atom. The van der Waals surface area contributed by atoms with Crippen molar-refractivity contribution in [1.82, 2.24) is 0 Å². The molecule has 0 amide bonds. The number of carbonyl (C=O) groups excluding carboxylic acids is 1. The Bertz CT molecular complexity index is 1020. The summed E-state index contributed by atoms with van der Waals surface area (Å²) in [5.74, 6) is 1.34. The molecule has 3 rings (SSSR count). The fourth-order valence-corrected chi connectivity index (χ4v) is 3.59. The number of hydrogen-bond donors (Lipinski definition) is 0. The lowest BCUT2D eigenvalue weighted by atomic mass is 10.00. The maximum absolute atomic E-state index is 13.7. The lowest BCUT2D eigenvalue weighted by Gasteiger charge is -2.17. The van der Waals surface area contributed by atoms with Crippen molar-refractivity contribution in [2.45, 2.75) is 12.2 Å². The molecule has 0 saturated carbocycles. The van der Waals surface area contributed by atoms with Crippen LogP contribution in [-0.4, -0.2) is 88.5 Å². The average Bonchev–Trinajstić information content (AvgIpc) is 3.76. The molecule has 216 valence electrons. The number of Topliss-reactive ketones (excluding diaryl/α,β-unsaturated/α-hetero) is 1. The van der Waals surface area contributed by atoms with E-state index in [9.17, 15) is 4.79 Å². The van der Waals surface area contributed by atoms with Crippen LogP contribution in [0.25, 0.3) is 0 Å². The number of epoxide rings is 1. The number of methoxy groups -OCH3 is 6. The largest absolute Gasteiger partial charge is 0.496 e. The van der Waals surface area contributed by atoms with Crippen molar-refractivity contribution < 1.29 is 61.6 Å². The summed E-state index contributed by atoms with van der Waals surface area (Å²) in [6, 6.07) is 6.50. The molecule has 1 saturated heterocycles. The Morgan fingerprint density at radius 2 is 1.08 bits per heavy atom. The summed E-state index contributed by atoms with van der Waals surface area (Å²) in [5, 5.41) is 0. The maximum atomic E-state index is 13.7. The van der Waals surface area contributed by atoms with E-state index in [0.717, 1.165) is 0 Å². The van der Waals surface area contributed by atoms with Crippen LogP contribution in [0, 0.1) is 0 Å². The number of carbonyl (C=O) groups is 1. The lowest BCUT2D eigenvalue weighted by molar-refractivity contribution is 0.0217. The fourth-order valence-electron chi connectivity index (χ4n) is 3.59. The molecule has 0 N–H and O–H groups in total. The van der Waals surface area contributed by atoms with Crippen LogP contribution in [0.2, 0.25) is 0 Å². The molecule has 1 heterocycles. The van der Waals surface area contributed by atoms with Crippen LogP contribution in [0.1, 0.15) is 22.0 Å². The minimum atomic E-state index is -0.857. The van der Waals surface area contributed by atoms with Gasteiger partial charge in [0.05, 0.1) is 7.11 Å². The fraction of sp³-hybridized carbons (Fsp3) is 0.500. The van der Waals surface area contributed by atoms with Crippen molar-refractivity contribution in [3.63, 3.8) is 0 Å². The number of ether oxygens (including phenoxy) is 12. The summed E-state index contributed by atoms with van der Waals surface area (Å²) in [4.78, 5) is 13.7. The van der Waals surface area contributed by atoms with Gasteiger partial charge in [-0.05, 0) is 17.7 Å². The second kappa shape index (κ2) is 15.3. The van der Waals surface area contributed by atoms with Crippen molar-refractivity contribution in [1.29, 1.82) is 0 Å².